The molecule has 1 aromatic carbocycles. The van der Waals surface area contributed by atoms with E-state index in [1.165, 1.54) is 0 Å². The quantitative estimate of drug-likeness (QED) is 0.434. The van der Waals surface area contributed by atoms with E-state index in [1.807, 2.05) is 58.9 Å². The molecule has 0 radical (unpaired) electrons. The first-order valence-electron chi connectivity index (χ1n) is 12.5. The zero-order valence-electron chi connectivity index (χ0n) is 22.5. The Morgan fingerprint density at radius 2 is 1.74 bits per heavy atom. The summed E-state index contributed by atoms with van der Waals surface area (Å²) in [5, 5.41) is 5.79. The van der Waals surface area contributed by atoms with E-state index in [0.717, 1.165) is 24.0 Å². The zero-order chi connectivity index (χ0) is 26.1. The highest BCUT2D eigenvalue weighted by atomic mass is 16.6. The fourth-order valence-corrected chi connectivity index (χ4v) is 3.72. The number of nitrogens with one attached hydrogen (secondary N) is 2. The van der Waals surface area contributed by atoms with Crippen molar-refractivity contribution >= 4 is 17.9 Å². The van der Waals surface area contributed by atoms with E-state index < -0.39 is 23.8 Å². The van der Waals surface area contributed by atoms with Crippen LogP contribution in [0.15, 0.2) is 24.3 Å². The van der Waals surface area contributed by atoms with Gasteiger partial charge in [-0.2, -0.15) is 0 Å². The van der Waals surface area contributed by atoms with Crippen LogP contribution in [0.1, 0.15) is 91.8 Å². The van der Waals surface area contributed by atoms with Crippen molar-refractivity contribution in [2.24, 2.45) is 5.92 Å². The van der Waals surface area contributed by atoms with Gasteiger partial charge < -0.3 is 20.3 Å². The number of carbonyl (C=O) groups excluding carboxylic acids is 3. The molecule has 0 fully saturated rings. The van der Waals surface area contributed by atoms with Gasteiger partial charge in [-0.1, -0.05) is 63.4 Å². The number of amides is 3. The first-order chi connectivity index (χ1) is 15.8. The lowest BCUT2D eigenvalue weighted by Gasteiger charge is -2.38. The van der Waals surface area contributed by atoms with Crippen molar-refractivity contribution in [3.63, 3.8) is 0 Å². The van der Waals surface area contributed by atoms with Gasteiger partial charge in [-0.15, -0.1) is 0 Å². The summed E-state index contributed by atoms with van der Waals surface area (Å²) in [6.07, 6.45) is 1.85. The maximum Gasteiger partial charge on any atom is 0.408 e. The summed E-state index contributed by atoms with van der Waals surface area (Å²) in [5.74, 6) is -0.670. The lowest BCUT2D eigenvalue weighted by molar-refractivity contribution is -0.145. The Kier molecular flexibility index (Phi) is 11.6. The molecule has 34 heavy (non-hydrogen) atoms. The SMILES string of the molecule is CCCCNC(=O)C(c1cccc(C)c1)N(C(=O)C(NC(=O)OC(C)(C)C)C(C)CC)C(C)C. The molecule has 7 nitrogen and oxygen atoms in total. The van der Waals surface area contributed by atoms with Crippen LogP contribution in [0.5, 0.6) is 0 Å². The first kappa shape index (κ1) is 29.5. The number of nitrogens with zero attached hydrogens (tertiary/aromatic N) is 1. The van der Waals surface area contributed by atoms with Gasteiger partial charge in [0.05, 0.1) is 0 Å². The molecule has 0 aliphatic rings. The van der Waals surface area contributed by atoms with Gasteiger partial charge in [0.25, 0.3) is 0 Å². The molecule has 1 aromatic rings. The topological polar surface area (TPSA) is 87.7 Å². The van der Waals surface area contributed by atoms with Gasteiger partial charge in [0.15, 0.2) is 0 Å². The minimum Gasteiger partial charge on any atom is -0.444 e. The zero-order valence-corrected chi connectivity index (χ0v) is 22.5. The first-order valence-corrected chi connectivity index (χ1v) is 12.5. The average Bonchev–Trinajstić information content (AvgIpc) is 2.73. The monoisotopic (exact) mass is 475 g/mol. The van der Waals surface area contributed by atoms with Crippen LogP contribution in [-0.4, -0.2) is 47.0 Å². The Balaban J connectivity index is 3.43. The van der Waals surface area contributed by atoms with Crippen LogP contribution in [0, 0.1) is 12.8 Å². The van der Waals surface area contributed by atoms with Gasteiger partial charge in [0.2, 0.25) is 11.8 Å². The fourth-order valence-electron chi connectivity index (χ4n) is 3.72. The van der Waals surface area contributed by atoms with Gasteiger partial charge in [0, 0.05) is 12.6 Å². The standard InChI is InChI=1S/C27H45N3O4/c1-10-12-16-28-24(31)23(21-15-13-14-19(5)17-21)30(18(3)4)25(32)22(20(6)11-2)29-26(33)34-27(7,8)9/h13-15,17-18,20,22-23H,10-12,16H2,1-9H3,(H,28,31)(H,29,33). The van der Waals surface area contributed by atoms with Crippen molar-refractivity contribution in [1.82, 2.24) is 15.5 Å². The molecule has 0 aromatic heterocycles. The molecule has 0 saturated carbocycles. The molecule has 3 atom stereocenters. The molecular weight excluding hydrogens is 430 g/mol. The molecule has 2 N–H and O–H groups in total. The molecule has 0 spiro atoms. The molecule has 1 rings (SSSR count). The summed E-state index contributed by atoms with van der Waals surface area (Å²) < 4.78 is 5.43. The number of alkyl carbamates (subject to hydrolysis) is 1. The third-order valence-electron chi connectivity index (χ3n) is 5.68. The average molecular weight is 476 g/mol. The number of hydrogen-bond acceptors (Lipinski definition) is 4. The Morgan fingerprint density at radius 3 is 2.24 bits per heavy atom. The summed E-state index contributed by atoms with van der Waals surface area (Å²) in [7, 11) is 0. The molecule has 0 saturated heterocycles. The highest BCUT2D eigenvalue weighted by Gasteiger charge is 2.39. The lowest BCUT2D eigenvalue weighted by Crippen LogP contribution is -2.57. The second-order valence-electron chi connectivity index (χ2n) is 10.3. The van der Waals surface area contributed by atoms with Crippen molar-refractivity contribution in [1.29, 1.82) is 0 Å². The van der Waals surface area contributed by atoms with E-state index in [2.05, 4.69) is 17.6 Å². The molecule has 3 amide bonds. The number of benzene rings is 1. The minimum absolute atomic E-state index is 0.150. The van der Waals surface area contributed by atoms with Gasteiger partial charge in [0.1, 0.15) is 17.7 Å². The predicted octanol–water partition coefficient (Wildman–Crippen LogP) is 5.13. The summed E-state index contributed by atoms with van der Waals surface area (Å²) in [5.41, 5.74) is 1.07. The van der Waals surface area contributed by atoms with Crippen molar-refractivity contribution < 1.29 is 19.1 Å². The second kappa shape index (κ2) is 13.4. The van der Waals surface area contributed by atoms with Crippen molar-refractivity contribution in [2.75, 3.05) is 6.54 Å². The Labute approximate surface area is 206 Å². The highest BCUT2D eigenvalue weighted by Crippen LogP contribution is 2.27. The number of hydrogen-bond donors (Lipinski definition) is 2. The largest absolute Gasteiger partial charge is 0.444 e. The van der Waals surface area contributed by atoms with Gasteiger partial charge >= 0.3 is 6.09 Å². The molecule has 0 aliphatic carbocycles. The Hall–Kier alpha value is -2.57. The van der Waals surface area contributed by atoms with Gasteiger partial charge in [-0.25, -0.2) is 4.79 Å². The Bertz CT molecular complexity index is 816. The maximum absolute atomic E-state index is 14.0. The van der Waals surface area contributed by atoms with Crippen LogP contribution in [0.3, 0.4) is 0 Å². The molecule has 3 unspecified atom stereocenters. The van der Waals surface area contributed by atoms with Crippen LogP contribution in [0.4, 0.5) is 4.79 Å². The summed E-state index contributed by atoms with van der Waals surface area (Å²) >= 11 is 0. The highest BCUT2D eigenvalue weighted by molar-refractivity contribution is 5.92. The van der Waals surface area contributed by atoms with Crippen LogP contribution >= 0.6 is 0 Å². The Morgan fingerprint density at radius 1 is 1.09 bits per heavy atom. The normalized spacial score (nSPS) is 14.2. The van der Waals surface area contributed by atoms with E-state index >= 15 is 0 Å². The number of rotatable bonds is 11. The van der Waals surface area contributed by atoms with Crippen LogP contribution in [-0.2, 0) is 14.3 Å². The smallest absolute Gasteiger partial charge is 0.408 e. The van der Waals surface area contributed by atoms with E-state index in [0.29, 0.717) is 13.0 Å². The number of aryl methyl sites for hydroxylation is 1. The molecule has 0 aliphatic heterocycles. The van der Waals surface area contributed by atoms with Crippen molar-refractivity contribution in [3.8, 4) is 0 Å². The van der Waals surface area contributed by atoms with Crippen LogP contribution < -0.4 is 10.6 Å². The van der Waals surface area contributed by atoms with E-state index in [9.17, 15) is 14.4 Å². The van der Waals surface area contributed by atoms with E-state index in [-0.39, 0.29) is 23.8 Å². The predicted molar refractivity (Wildman–Crippen MR) is 136 cm³/mol. The van der Waals surface area contributed by atoms with E-state index in [1.54, 1.807) is 25.7 Å². The van der Waals surface area contributed by atoms with Gasteiger partial charge in [-0.3, -0.25) is 9.59 Å². The third kappa shape index (κ3) is 8.99. The maximum atomic E-state index is 14.0. The number of carbonyl (C=O) groups is 3. The molecular formula is C27H45N3O4. The molecule has 0 bridgehead atoms. The van der Waals surface area contributed by atoms with Crippen LogP contribution in [0.25, 0.3) is 0 Å². The van der Waals surface area contributed by atoms with Crippen molar-refractivity contribution in [3.05, 3.63) is 35.4 Å². The van der Waals surface area contributed by atoms with Crippen LogP contribution in [0.2, 0.25) is 0 Å². The summed E-state index contributed by atoms with van der Waals surface area (Å²) in [6.45, 7) is 17.6. The molecule has 192 valence electrons. The second-order valence-corrected chi connectivity index (χ2v) is 10.3. The third-order valence-corrected chi connectivity index (χ3v) is 5.68. The molecule has 7 heteroatoms. The summed E-state index contributed by atoms with van der Waals surface area (Å²) in [6, 6.07) is 5.76. The number of ether oxygens (including phenoxy) is 1. The summed E-state index contributed by atoms with van der Waals surface area (Å²) in [4.78, 5) is 41.6. The fraction of sp³-hybridized carbons (Fsp3) is 0.667. The lowest BCUT2D eigenvalue weighted by atomic mass is 9.94. The van der Waals surface area contributed by atoms with E-state index in [4.69, 9.17) is 4.74 Å². The van der Waals surface area contributed by atoms with Crippen molar-refractivity contribution in [2.45, 2.75) is 105 Å². The molecule has 0 heterocycles. The van der Waals surface area contributed by atoms with Gasteiger partial charge in [-0.05, 0) is 59.4 Å². The number of unbranched alkanes of at least 4 members (excludes halogenated alkanes) is 1. The minimum atomic E-state index is -0.821.